The summed E-state index contributed by atoms with van der Waals surface area (Å²) in [6.07, 6.45) is -6.55. The number of sulfonamides is 1. The van der Waals surface area contributed by atoms with Crippen LogP contribution >= 0.6 is 0 Å². The summed E-state index contributed by atoms with van der Waals surface area (Å²) in [6.45, 7) is 7.97. The number of fused-ring (bicyclic) bond motifs is 4. The number of nitrogens with one attached hydrogen (secondary N) is 1. The molecule has 4 bridgehead atoms. The van der Waals surface area contributed by atoms with Gasteiger partial charge in [0.05, 0.1) is 22.0 Å². The maximum absolute atomic E-state index is 14.4. The number of alkyl halides is 3. The highest BCUT2D eigenvalue weighted by molar-refractivity contribution is 7.92. The number of rotatable bonds is 4. The van der Waals surface area contributed by atoms with Gasteiger partial charge < -0.3 is 9.47 Å². The summed E-state index contributed by atoms with van der Waals surface area (Å²) in [7, 11) is -3.18. The molecule has 0 radical (unpaired) electrons. The molecule has 2 aliphatic rings. The molecule has 47 heavy (non-hydrogen) atoms. The number of halogens is 3. The van der Waals surface area contributed by atoms with Crippen LogP contribution in [0.5, 0.6) is 5.88 Å². The maximum Gasteiger partial charge on any atom is 0.429 e. The van der Waals surface area contributed by atoms with E-state index in [0.717, 1.165) is 27.2 Å². The minimum absolute atomic E-state index is 0.157. The number of carbonyl (C=O) groups excluding carboxylic acids is 2. The molecule has 1 fully saturated rings. The minimum Gasteiger partial charge on any atom is -0.475 e. The molecule has 15 heteroatoms. The van der Waals surface area contributed by atoms with Gasteiger partial charge in [0, 0.05) is 24.2 Å². The average Bonchev–Trinajstić information content (AvgIpc) is 3.75. The molecule has 3 aromatic rings. The fourth-order valence-electron chi connectivity index (χ4n) is 5.56. The Labute approximate surface area is 271 Å². The number of nitrogens with zero attached hydrogens (tertiary/aromatic N) is 4. The van der Waals surface area contributed by atoms with Gasteiger partial charge in [0.1, 0.15) is 12.2 Å². The van der Waals surface area contributed by atoms with E-state index in [9.17, 15) is 31.2 Å². The molecule has 0 spiro atoms. The van der Waals surface area contributed by atoms with E-state index in [1.54, 1.807) is 20.8 Å². The highest BCUT2D eigenvalue weighted by Gasteiger charge is 2.64. The van der Waals surface area contributed by atoms with Gasteiger partial charge in [-0.05, 0) is 83.2 Å². The maximum atomic E-state index is 14.4. The standard InChI is InChI=1S/C32H36F3N5O6S/c1-19-9-7-10-20(2)26(19)24-16-25-37-28(36-24)38-47(43,44)23-12-8-11-21(15-23)27(41)40(39(6)29(42)46-30(3,4)5)22(18-45-25)17-31(13-14-31)32(33,34)35/h7-12,15-16,22H,13-14,17-18H2,1-6H3,(H,36,37,38)/t22-/m1/s1. The number of aryl methyl sites for hydroxylation is 2. The quantitative estimate of drug-likeness (QED) is 0.342. The second kappa shape index (κ2) is 12.0. The van der Waals surface area contributed by atoms with E-state index in [0.29, 0.717) is 11.3 Å². The summed E-state index contributed by atoms with van der Waals surface area (Å²) < 4.78 is 84.0. The first kappa shape index (κ1) is 33.9. The van der Waals surface area contributed by atoms with Crippen LogP contribution in [0.1, 0.15) is 61.5 Å². The van der Waals surface area contributed by atoms with Crippen molar-refractivity contribution in [3.8, 4) is 17.1 Å². The van der Waals surface area contributed by atoms with Crippen LogP contribution < -0.4 is 9.46 Å². The number of aromatic nitrogens is 2. The minimum atomic E-state index is -4.59. The number of benzene rings is 2. The molecule has 1 atom stereocenters. The number of hydrogen-bond acceptors (Lipinski definition) is 8. The summed E-state index contributed by atoms with van der Waals surface area (Å²) in [6, 6.07) is 10.6. The summed E-state index contributed by atoms with van der Waals surface area (Å²) in [4.78, 5) is 35.8. The Bertz CT molecular complexity index is 1800. The summed E-state index contributed by atoms with van der Waals surface area (Å²) >= 11 is 0. The van der Waals surface area contributed by atoms with Crippen LogP contribution in [0, 0.1) is 19.3 Å². The lowest BCUT2D eigenvalue weighted by Crippen LogP contribution is -2.56. The van der Waals surface area contributed by atoms with Crippen molar-refractivity contribution >= 4 is 28.0 Å². The molecule has 1 saturated carbocycles. The third-order valence-electron chi connectivity index (χ3n) is 8.10. The number of carbonyl (C=O) groups is 2. The van der Waals surface area contributed by atoms with Crippen LogP contribution in [-0.4, -0.2) is 71.9 Å². The van der Waals surface area contributed by atoms with Crippen LogP contribution in [0.2, 0.25) is 0 Å². The van der Waals surface area contributed by atoms with Crippen LogP contribution in [0.3, 0.4) is 0 Å². The first-order valence-electron chi connectivity index (χ1n) is 14.9. The van der Waals surface area contributed by atoms with Crippen LogP contribution in [0.25, 0.3) is 11.3 Å². The van der Waals surface area contributed by atoms with E-state index in [1.165, 1.54) is 31.3 Å². The fourth-order valence-corrected chi connectivity index (χ4v) is 6.55. The van der Waals surface area contributed by atoms with Crippen molar-refractivity contribution in [1.29, 1.82) is 0 Å². The largest absolute Gasteiger partial charge is 0.475 e. The normalized spacial score (nSPS) is 18.9. The fraction of sp³-hybridized carbons (Fsp3) is 0.438. The predicted octanol–water partition coefficient (Wildman–Crippen LogP) is 6.28. The zero-order valence-electron chi connectivity index (χ0n) is 26.8. The van der Waals surface area contributed by atoms with Crippen molar-refractivity contribution in [2.45, 2.75) is 76.6 Å². The van der Waals surface area contributed by atoms with Crippen molar-refractivity contribution in [1.82, 2.24) is 20.0 Å². The third-order valence-corrected chi connectivity index (χ3v) is 9.42. The lowest BCUT2D eigenvalue weighted by Gasteiger charge is -2.40. The first-order valence-corrected chi connectivity index (χ1v) is 16.4. The summed E-state index contributed by atoms with van der Waals surface area (Å²) in [5.41, 5.74) is -0.694. The van der Waals surface area contributed by atoms with Crippen molar-refractivity contribution in [3.05, 3.63) is 65.2 Å². The Hall–Kier alpha value is -4.40. The van der Waals surface area contributed by atoms with Gasteiger partial charge in [0.2, 0.25) is 11.8 Å². The third kappa shape index (κ3) is 7.14. The highest BCUT2D eigenvalue weighted by Crippen LogP contribution is 2.61. The molecule has 0 saturated heterocycles. The molecule has 1 aliphatic carbocycles. The zero-order valence-corrected chi connectivity index (χ0v) is 27.6. The monoisotopic (exact) mass is 675 g/mol. The molecule has 5 rings (SSSR count). The van der Waals surface area contributed by atoms with E-state index in [-0.39, 0.29) is 35.1 Å². The predicted molar refractivity (Wildman–Crippen MR) is 166 cm³/mol. The second-order valence-electron chi connectivity index (χ2n) is 12.9. The molecular weight excluding hydrogens is 639 g/mol. The number of ether oxygens (including phenoxy) is 2. The van der Waals surface area contributed by atoms with E-state index >= 15 is 0 Å². The van der Waals surface area contributed by atoms with Gasteiger partial charge in [0.15, 0.2) is 0 Å². The lowest BCUT2D eigenvalue weighted by atomic mass is 9.95. The van der Waals surface area contributed by atoms with Crippen molar-refractivity contribution in [2.24, 2.45) is 5.41 Å². The van der Waals surface area contributed by atoms with Crippen LogP contribution in [0.15, 0.2) is 53.4 Å². The Morgan fingerprint density at radius 1 is 1.09 bits per heavy atom. The van der Waals surface area contributed by atoms with Gasteiger partial charge in [-0.2, -0.15) is 18.2 Å². The molecular formula is C32H36F3N5O6S. The first-order chi connectivity index (χ1) is 21.8. The summed E-state index contributed by atoms with van der Waals surface area (Å²) in [5.74, 6) is -1.44. The molecule has 252 valence electrons. The molecule has 2 aromatic carbocycles. The number of hydrazine groups is 1. The SMILES string of the molecule is Cc1cccc(C)c1-c1cc2nc(n1)NS(=O)(=O)c1cccc(c1)C(=O)N(N(C)C(=O)OC(C)(C)C)[C@H](CC1(C(F)(F)F)CC1)CO2. The second-order valence-corrected chi connectivity index (χ2v) is 14.6. The van der Waals surface area contributed by atoms with Gasteiger partial charge in [-0.3, -0.25) is 4.79 Å². The van der Waals surface area contributed by atoms with Gasteiger partial charge >= 0.3 is 12.3 Å². The molecule has 2 heterocycles. The topological polar surface area (TPSA) is 131 Å². The van der Waals surface area contributed by atoms with Gasteiger partial charge in [-0.25, -0.2) is 32.9 Å². The van der Waals surface area contributed by atoms with Crippen molar-refractivity contribution in [3.63, 3.8) is 0 Å². The van der Waals surface area contributed by atoms with Gasteiger partial charge in [-0.15, -0.1) is 0 Å². The molecule has 0 unspecified atom stereocenters. The Morgan fingerprint density at radius 2 is 1.72 bits per heavy atom. The van der Waals surface area contributed by atoms with Crippen molar-refractivity contribution < 1.29 is 40.7 Å². The lowest BCUT2D eigenvalue weighted by molar-refractivity contribution is -0.195. The van der Waals surface area contributed by atoms with Crippen LogP contribution in [0.4, 0.5) is 23.9 Å². The molecule has 1 aliphatic heterocycles. The average molecular weight is 676 g/mol. The Balaban J connectivity index is 1.70. The van der Waals surface area contributed by atoms with Gasteiger partial charge in [-0.1, -0.05) is 24.3 Å². The van der Waals surface area contributed by atoms with E-state index < -0.39 is 58.3 Å². The zero-order chi connectivity index (χ0) is 34.5. The number of amides is 2. The van der Waals surface area contributed by atoms with E-state index in [4.69, 9.17) is 9.47 Å². The number of anilines is 1. The Kier molecular flexibility index (Phi) is 8.67. The summed E-state index contributed by atoms with van der Waals surface area (Å²) in [5, 5.41) is 1.66. The molecule has 2 amide bonds. The van der Waals surface area contributed by atoms with E-state index in [1.807, 2.05) is 32.0 Å². The highest BCUT2D eigenvalue weighted by atomic mass is 32.2. The Morgan fingerprint density at radius 3 is 2.32 bits per heavy atom. The smallest absolute Gasteiger partial charge is 0.429 e. The number of hydrogen-bond donors (Lipinski definition) is 1. The molecule has 1 N–H and O–H groups in total. The van der Waals surface area contributed by atoms with Crippen LogP contribution in [-0.2, 0) is 14.8 Å². The molecule has 1 aromatic heterocycles. The van der Waals surface area contributed by atoms with Gasteiger partial charge in [0.25, 0.3) is 15.9 Å². The van der Waals surface area contributed by atoms with Crippen molar-refractivity contribution in [2.75, 3.05) is 18.4 Å². The molecule has 11 nitrogen and oxygen atoms in total. The van der Waals surface area contributed by atoms with E-state index in [2.05, 4.69) is 14.7 Å².